The highest BCUT2D eigenvalue weighted by molar-refractivity contribution is 5.87. The molecule has 0 aliphatic heterocycles. The topological polar surface area (TPSA) is 70.9 Å². The maximum atomic E-state index is 10.4. The Morgan fingerprint density at radius 3 is 3.16 bits per heavy atom. The number of nitrogens with zero attached hydrogens (tertiary/aromatic N) is 3. The molecule has 1 atom stereocenters. The van der Waals surface area contributed by atoms with E-state index in [9.17, 15) is 5.11 Å². The van der Waals surface area contributed by atoms with Gasteiger partial charge >= 0.3 is 0 Å². The number of anilines is 1. The van der Waals surface area contributed by atoms with Gasteiger partial charge in [-0.05, 0) is 25.3 Å². The predicted molar refractivity (Wildman–Crippen MR) is 73.8 cm³/mol. The lowest BCUT2D eigenvalue weighted by Crippen LogP contribution is -2.36. The fraction of sp³-hybridized carbons (Fsp3) is 0.357. The van der Waals surface area contributed by atoms with Crippen molar-refractivity contribution in [2.75, 3.05) is 11.9 Å². The molecule has 1 aliphatic rings. The van der Waals surface area contributed by atoms with Gasteiger partial charge in [-0.1, -0.05) is 12.2 Å². The lowest BCUT2D eigenvalue weighted by Gasteiger charge is -2.28. The molecular weight excluding hydrogens is 240 g/mol. The van der Waals surface area contributed by atoms with E-state index in [0.717, 1.165) is 36.0 Å². The summed E-state index contributed by atoms with van der Waals surface area (Å²) in [5.74, 6) is 0.736. The summed E-state index contributed by atoms with van der Waals surface area (Å²) in [6.45, 7) is 0.456. The third-order valence-electron chi connectivity index (χ3n) is 3.41. The molecule has 19 heavy (non-hydrogen) atoms. The van der Waals surface area contributed by atoms with E-state index in [0.29, 0.717) is 6.54 Å². The average molecular weight is 256 g/mol. The third kappa shape index (κ3) is 2.56. The maximum absolute atomic E-state index is 10.4. The molecule has 2 aromatic rings. The summed E-state index contributed by atoms with van der Waals surface area (Å²) >= 11 is 0. The highest BCUT2D eigenvalue weighted by Gasteiger charge is 2.25. The van der Waals surface area contributed by atoms with Crippen LogP contribution in [0.5, 0.6) is 0 Å². The second kappa shape index (κ2) is 4.93. The Hall–Kier alpha value is -2.01. The maximum Gasteiger partial charge on any atom is 0.137 e. The molecule has 0 spiro atoms. The molecule has 0 fully saturated rings. The third-order valence-corrected chi connectivity index (χ3v) is 3.41. The van der Waals surface area contributed by atoms with E-state index in [-0.39, 0.29) is 0 Å². The first-order chi connectivity index (χ1) is 9.27. The highest BCUT2D eigenvalue weighted by Crippen LogP contribution is 2.24. The SMILES string of the molecule is OC1(CNc2ncnc3cnccc23)C=CCCC1. The van der Waals surface area contributed by atoms with Gasteiger partial charge in [-0.2, -0.15) is 0 Å². The van der Waals surface area contributed by atoms with E-state index in [1.165, 1.54) is 6.33 Å². The summed E-state index contributed by atoms with van der Waals surface area (Å²) in [6, 6.07) is 1.87. The molecule has 5 heteroatoms. The minimum atomic E-state index is -0.775. The van der Waals surface area contributed by atoms with E-state index in [4.69, 9.17) is 0 Å². The van der Waals surface area contributed by atoms with E-state index in [2.05, 4.69) is 20.3 Å². The van der Waals surface area contributed by atoms with Crippen LogP contribution in [0.2, 0.25) is 0 Å². The number of fused-ring (bicyclic) bond motifs is 1. The fourth-order valence-electron chi connectivity index (χ4n) is 2.34. The Labute approximate surface area is 111 Å². The monoisotopic (exact) mass is 256 g/mol. The smallest absolute Gasteiger partial charge is 0.137 e. The standard InChI is InChI=1S/C14H16N4O/c19-14(5-2-1-3-6-14)9-16-13-11-4-7-15-8-12(11)17-10-18-13/h2,4-5,7-8,10,19H,1,3,6,9H2,(H,16,17,18). The van der Waals surface area contributed by atoms with Gasteiger partial charge in [-0.15, -0.1) is 0 Å². The second-order valence-electron chi connectivity index (χ2n) is 4.87. The number of rotatable bonds is 3. The van der Waals surface area contributed by atoms with Gasteiger partial charge in [0.1, 0.15) is 12.1 Å². The molecule has 0 amide bonds. The highest BCUT2D eigenvalue weighted by atomic mass is 16.3. The minimum Gasteiger partial charge on any atom is -0.384 e. The summed E-state index contributed by atoms with van der Waals surface area (Å²) in [5.41, 5.74) is 0.0221. The molecule has 1 unspecified atom stereocenters. The molecule has 2 aromatic heterocycles. The van der Waals surface area contributed by atoms with E-state index >= 15 is 0 Å². The van der Waals surface area contributed by atoms with Gasteiger partial charge < -0.3 is 10.4 Å². The van der Waals surface area contributed by atoms with Crippen molar-refractivity contribution in [2.45, 2.75) is 24.9 Å². The van der Waals surface area contributed by atoms with Crippen molar-refractivity contribution >= 4 is 16.7 Å². The second-order valence-corrected chi connectivity index (χ2v) is 4.87. The van der Waals surface area contributed by atoms with Crippen LogP contribution < -0.4 is 5.32 Å². The first-order valence-corrected chi connectivity index (χ1v) is 6.46. The fourth-order valence-corrected chi connectivity index (χ4v) is 2.34. The Kier molecular flexibility index (Phi) is 3.13. The molecule has 0 saturated carbocycles. The first-order valence-electron chi connectivity index (χ1n) is 6.46. The van der Waals surface area contributed by atoms with Crippen molar-refractivity contribution in [3.05, 3.63) is 36.9 Å². The van der Waals surface area contributed by atoms with Gasteiger partial charge in [0.05, 0.1) is 17.3 Å². The molecular formula is C14H16N4O. The minimum absolute atomic E-state index is 0.456. The lowest BCUT2D eigenvalue weighted by atomic mass is 9.91. The zero-order valence-corrected chi connectivity index (χ0v) is 10.6. The van der Waals surface area contributed by atoms with Crippen molar-refractivity contribution in [3.63, 3.8) is 0 Å². The Morgan fingerprint density at radius 1 is 1.37 bits per heavy atom. The number of allylic oxidation sites excluding steroid dienone is 1. The van der Waals surface area contributed by atoms with Crippen LogP contribution in [-0.2, 0) is 0 Å². The molecule has 2 heterocycles. The van der Waals surface area contributed by atoms with Gasteiger partial charge in [0.15, 0.2) is 0 Å². The Balaban J connectivity index is 1.82. The summed E-state index contributed by atoms with van der Waals surface area (Å²) < 4.78 is 0. The summed E-state index contributed by atoms with van der Waals surface area (Å²) in [7, 11) is 0. The van der Waals surface area contributed by atoms with Gasteiger partial charge in [-0.25, -0.2) is 9.97 Å². The van der Waals surface area contributed by atoms with Crippen molar-refractivity contribution in [3.8, 4) is 0 Å². The number of hydrogen-bond acceptors (Lipinski definition) is 5. The molecule has 1 aliphatic carbocycles. The molecule has 98 valence electrons. The quantitative estimate of drug-likeness (QED) is 0.821. The van der Waals surface area contributed by atoms with Crippen LogP contribution in [-0.4, -0.2) is 32.2 Å². The van der Waals surface area contributed by atoms with Crippen LogP contribution in [0.1, 0.15) is 19.3 Å². The largest absolute Gasteiger partial charge is 0.384 e. The van der Waals surface area contributed by atoms with Gasteiger partial charge in [-0.3, -0.25) is 4.98 Å². The van der Waals surface area contributed by atoms with Crippen LogP contribution in [0.25, 0.3) is 10.9 Å². The van der Waals surface area contributed by atoms with Crippen molar-refractivity contribution in [2.24, 2.45) is 0 Å². The van der Waals surface area contributed by atoms with E-state index < -0.39 is 5.60 Å². The molecule has 2 N–H and O–H groups in total. The molecule has 0 aromatic carbocycles. The number of hydrogen-bond donors (Lipinski definition) is 2. The molecule has 5 nitrogen and oxygen atoms in total. The van der Waals surface area contributed by atoms with Crippen molar-refractivity contribution < 1.29 is 5.11 Å². The number of nitrogens with one attached hydrogen (secondary N) is 1. The number of aliphatic hydroxyl groups is 1. The normalized spacial score (nSPS) is 22.6. The van der Waals surface area contributed by atoms with Crippen LogP contribution in [0.4, 0.5) is 5.82 Å². The molecule has 0 saturated heterocycles. The van der Waals surface area contributed by atoms with Crippen LogP contribution >= 0.6 is 0 Å². The summed E-state index contributed by atoms with van der Waals surface area (Å²) in [6.07, 6.45) is 11.7. The number of pyridine rings is 1. The zero-order chi connectivity index (χ0) is 13.1. The van der Waals surface area contributed by atoms with Gasteiger partial charge in [0.25, 0.3) is 0 Å². The summed E-state index contributed by atoms with van der Waals surface area (Å²) in [5, 5.41) is 14.5. The van der Waals surface area contributed by atoms with E-state index in [1.807, 2.05) is 18.2 Å². The van der Waals surface area contributed by atoms with Crippen molar-refractivity contribution in [1.82, 2.24) is 15.0 Å². The molecule has 0 bridgehead atoms. The number of aromatic nitrogens is 3. The Morgan fingerprint density at radius 2 is 2.32 bits per heavy atom. The van der Waals surface area contributed by atoms with Crippen molar-refractivity contribution in [1.29, 1.82) is 0 Å². The summed E-state index contributed by atoms with van der Waals surface area (Å²) in [4.78, 5) is 12.4. The first kappa shape index (κ1) is 12.0. The average Bonchev–Trinajstić information content (AvgIpc) is 2.46. The Bertz CT molecular complexity index is 608. The molecule has 0 radical (unpaired) electrons. The predicted octanol–water partition coefficient (Wildman–Crippen LogP) is 1.91. The van der Waals surface area contributed by atoms with Gasteiger partial charge in [0.2, 0.25) is 0 Å². The van der Waals surface area contributed by atoms with E-state index in [1.54, 1.807) is 12.4 Å². The van der Waals surface area contributed by atoms with Crippen LogP contribution in [0.15, 0.2) is 36.9 Å². The van der Waals surface area contributed by atoms with Crippen LogP contribution in [0.3, 0.4) is 0 Å². The molecule has 3 rings (SSSR count). The van der Waals surface area contributed by atoms with Crippen LogP contribution in [0, 0.1) is 0 Å². The lowest BCUT2D eigenvalue weighted by molar-refractivity contribution is 0.0880. The van der Waals surface area contributed by atoms with Gasteiger partial charge in [0, 0.05) is 18.1 Å². The zero-order valence-electron chi connectivity index (χ0n) is 10.6.